The molecule has 0 saturated heterocycles. The minimum atomic E-state index is 0.168. The summed E-state index contributed by atoms with van der Waals surface area (Å²) in [7, 11) is 2.22. The molecule has 2 N–H and O–H groups in total. The number of hydrogen-bond acceptors (Lipinski definition) is 2. The topological polar surface area (TPSA) is 29.3 Å². The molecule has 1 aromatic carbocycles. The average molecular weight is 323 g/mol. The Balaban J connectivity index is 0.00000139. The minimum Gasteiger partial charge on any atom is -0.327 e. The summed E-state index contributed by atoms with van der Waals surface area (Å²) in [6.45, 7) is 14.9. The van der Waals surface area contributed by atoms with Crippen molar-refractivity contribution in [2.45, 2.75) is 53.1 Å². The standard InChI is InChI=1S/C19H26BN2.C2H6/c1-4-15(3)10-18(5-2)20-11-19(21)14-22-12-16-8-6-7-9-17(16)13-22;1-2/h4-10,19H,1,11-14,21H2,2-3H3;1-2H3/b15-10-,18-5+;. The Labute approximate surface area is 149 Å². The molecule has 3 heteroatoms. The zero-order chi connectivity index (χ0) is 17.9. The Bertz CT molecular complexity index is 550. The molecule has 1 atom stereocenters. The van der Waals surface area contributed by atoms with Crippen LogP contribution in [0.15, 0.2) is 60.1 Å². The summed E-state index contributed by atoms with van der Waals surface area (Å²) in [6, 6.07) is 8.83. The third-order valence-electron chi connectivity index (χ3n) is 4.10. The highest BCUT2D eigenvalue weighted by Crippen LogP contribution is 2.22. The molecule has 24 heavy (non-hydrogen) atoms. The second kappa shape index (κ2) is 11.1. The molecule has 1 unspecified atom stereocenters. The molecule has 1 radical (unpaired) electrons. The predicted molar refractivity (Wildman–Crippen MR) is 108 cm³/mol. The van der Waals surface area contributed by atoms with Gasteiger partial charge in [0.05, 0.1) is 0 Å². The Morgan fingerprint density at radius 2 is 1.88 bits per heavy atom. The van der Waals surface area contributed by atoms with E-state index >= 15 is 0 Å². The van der Waals surface area contributed by atoms with E-state index in [9.17, 15) is 0 Å². The van der Waals surface area contributed by atoms with Crippen LogP contribution in [-0.4, -0.2) is 24.8 Å². The van der Waals surface area contributed by atoms with Crippen molar-refractivity contribution in [2.75, 3.05) is 6.54 Å². The van der Waals surface area contributed by atoms with Crippen molar-refractivity contribution in [1.82, 2.24) is 4.90 Å². The second-order valence-corrected chi connectivity index (χ2v) is 6.02. The molecule has 0 aromatic heterocycles. The van der Waals surface area contributed by atoms with Crippen molar-refractivity contribution < 1.29 is 0 Å². The number of nitrogens with two attached hydrogens (primary N) is 1. The highest BCUT2D eigenvalue weighted by molar-refractivity contribution is 6.46. The summed E-state index contributed by atoms with van der Waals surface area (Å²) in [5.41, 5.74) is 11.6. The molecular weight excluding hydrogens is 291 g/mol. The molecule has 0 spiro atoms. The lowest BCUT2D eigenvalue weighted by Gasteiger charge is -2.20. The van der Waals surface area contributed by atoms with E-state index in [0.717, 1.165) is 26.0 Å². The maximum Gasteiger partial charge on any atom is 0.152 e. The first-order valence-electron chi connectivity index (χ1n) is 8.97. The van der Waals surface area contributed by atoms with E-state index in [-0.39, 0.29) is 6.04 Å². The van der Waals surface area contributed by atoms with E-state index in [2.05, 4.69) is 69.0 Å². The van der Waals surface area contributed by atoms with E-state index in [0.29, 0.717) is 0 Å². The van der Waals surface area contributed by atoms with E-state index in [1.807, 2.05) is 19.9 Å². The van der Waals surface area contributed by atoms with Gasteiger partial charge in [-0.15, -0.1) is 0 Å². The van der Waals surface area contributed by atoms with E-state index in [1.165, 1.54) is 22.2 Å². The fourth-order valence-corrected chi connectivity index (χ4v) is 2.81. The smallest absolute Gasteiger partial charge is 0.152 e. The van der Waals surface area contributed by atoms with E-state index < -0.39 is 0 Å². The van der Waals surface area contributed by atoms with Gasteiger partial charge in [0, 0.05) is 25.7 Å². The van der Waals surface area contributed by atoms with Gasteiger partial charge >= 0.3 is 0 Å². The number of fused-ring (bicyclic) bond motifs is 1. The third kappa shape index (κ3) is 6.50. The van der Waals surface area contributed by atoms with Crippen molar-refractivity contribution in [3.8, 4) is 0 Å². The van der Waals surface area contributed by atoms with Gasteiger partial charge in [0.1, 0.15) is 0 Å². The molecule has 0 amide bonds. The highest BCUT2D eigenvalue weighted by Gasteiger charge is 2.19. The zero-order valence-electron chi connectivity index (χ0n) is 15.8. The van der Waals surface area contributed by atoms with Crippen LogP contribution in [-0.2, 0) is 13.1 Å². The van der Waals surface area contributed by atoms with Crippen LogP contribution in [0.1, 0.15) is 38.8 Å². The van der Waals surface area contributed by atoms with Gasteiger partial charge in [-0.3, -0.25) is 4.90 Å². The fraction of sp³-hybridized carbons (Fsp3) is 0.429. The molecule has 0 fully saturated rings. The molecule has 2 rings (SSSR count). The monoisotopic (exact) mass is 323 g/mol. The molecule has 0 aliphatic carbocycles. The predicted octanol–water partition coefficient (Wildman–Crippen LogP) is 4.51. The summed E-state index contributed by atoms with van der Waals surface area (Å²) < 4.78 is 0. The molecule has 1 aromatic rings. The Morgan fingerprint density at radius 3 is 2.38 bits per heavy atom. The molecule has 2 nitrogen and oxygen atoms in total. The van der Waals surface area contributed by atoms with Crippen molar-refractivity contribution >= 4 is 7.28 Å². The molecule has 129 valence electrons. The third-order valence-corrected chi connectivity index (χ3v) is 4.10. The lowest BCUT2D eigenvalue weighted by Crippen LogP contribution is -2.35. The Kier molecular flexibility index (Phi) is 9.43. The van der Waals surface area contributed by atoms with Gasteiger partial charge in [-0.25, -0.2) is 0 Å². The van der Waals surface area contributed by atoms with Gasteiger partial charge < -0.3 is 5.73 Å². The minimum absolute atomic E-state index is 0.168. The number of rotatable bonds is 7. The van der Waals surface area contributed by atoms with Crippen LogP contribution in [0.4, 0.5) is 0 Å². The summed E-state index contributed by atoms with van der Waals surface area (Å²) in [6.07, 6.45) is 7.03. The number of benzene rings is 1. The molecule has 1 heterocycles. The number of nitrogens with zero attached hydrogens (tertiary/aromatic N) is 1. The first-order chi connectivity index (χ1) is 11.6. The first kappa shape index (κ1) is 20.5. The van der Waals surface area contributed by atoms with Crippen molar-refractivity contribution in [1.29, 1.82) is 0 Å². The normalized spacial score (nSPS) is 16.0. The summed E-state index contributed by atoms with van der Waals surface area (Å²) in [5.74, 6) is 0. The zero-order valence-corrected chi connectivity index (χ0v) is 15.8. The van der Waals surface area contributed by atoms with Crippen molar-refractivity contribution in [3.05, 3.63) is 71.2 Å². The van der Waals surface area contributed by atoms with Gasteiger partial charge in [0.2, 0.25) is 0 Å². The Hall–Kier alpha value is -1.58. The quantitative estimate of drug-likeness (QED) is 0.591. The van der Waals surface area contributed by atoms with Gasteiger partial charge in [-0.05, 0) is 25.0 Å². The largest absolute Gasteiger partial charge is 0.327 e. The van der Waals surface area contributed by atoms with Gasteiger partial charge in [-0.2, -0.15) is 0 Å². The van der Waals surface area contributed by atoms with Crippen molar-refractivity contribution in [2.24, 2.45) is 5.73 Å². The lowest BCUT2D eigenvalue weighted by atomic mass is 9.64. The van der Waals surface area contributed by atoms with Gasteiger partial charge in [0.15, 0.2) is 7.28 Å². The molecule has 0 saturated carbocycles. The van der Waals surface area contributed by atoms with Crippen LogP contribution in [0.2, 0.25) is 6.32 Å². The molecule has 0 bridgehead atoms. The SMILES string of the molecule is C=C/C(C)=C\C([B]CC(N)CN1Cc2ccccc2C1)=C/C.CC. The lowest BCUT2D eigenvalue weighted by molar-refractivity contribution is 0.270. The maximum atomic E-state index is 6.31. The van der Waals surface area contributed by atoms with Crippen LogP contribution >= 0.6 is 0 Å². The van der Waals surface area contributed by atoms with Crippen LogP contribution in [0, 0.1) is 0 Å². The second-order valence-electron chi connectivity index (χ2n) is 6.02. The summed E-state index contributed by atoms with van der Waals surface area (Å²) >= 11 is 0. The van der Waals surface area contributed by atoms with Crippen molar-refractivity contribution in [3.63, 3.8) is 0 Å². The Morgan fingerprint density at radius 1 is 1.29 bits per heavy atom. The average Bonchev–Trinajstić information content (AvgIpc) is 3.02. The first-order valence-corrected chi connectivity index (χ1v) is 8.97. The summed E-state index contributed by atoms with van der Waals surface area (Å²) in [4.78, 5) is 2.43. The van der Waals surface area contributed by atoms with E-state index in [1.54, 1.807) is 0 Å². The summed E-state index contributed by atoms with van der Waals surface area (Å²) in [5, 5.41) is 0. The highest BCUT2D eigenvalue weighted by atomic mass is 15.1. The van der Waals surface area contributed by atoms with Gasteiger partial charge in [0.25, 0.3) is 0 Å². The molecule has 1 aliphatic rings. The van der Waals surface area contributed by atoms with Crippen LogP contribution in [0.3, 0.4) is 0 Å². The molecule has 1 aliphatic heterocycles. The molecular formula is C21H32BN2. The van der Waals surface area contributed by atoms with Crippen LogP contribution in [0.5, 0.6) is 0 Å². The van der Waals surface area contributed by atoms with Crippen LogP contribution < -0.4 is 5.73 Å². The maximum absolute atomic E-state index is 6.31. The fourth-order valence-electron chi connectivity index (χ4n) is 2.81. The van der Waals surface area contributed by atoms with E-state index in [4.69, 9.17) is 5.73 Å². The van der Waals surface area contributed by atoms with Gasteiger partial charge in [-0.1, -0.05) is 80.3 Å². The number of allylic oxidation sites excluding steroid dienone is 5. The van der Waals surface area contributed by atoms with Crippen LogP contribution in [0.25, 0.3) is 0 Å². The number of hydrogen-bond donors (Lipinski definition) is 1.